The SMILES string of the molecule is CCCc1ccc(COc2ccc(C3=CCC(c4ccc(C)c(F)c4F)CC3)c(F)c2F)c(F)c1F. The summed E-state index contributed by atoms with van der Waals surface area (Å²) in [5.74, 6) is -6.79. The maximum Gasteiger partial charge on any atom is 0.201 e. The predicted octanol–water partition coefficient (Wildman–Crippen LogP) is 8.71. The predicted molar refractivity (Wildman–Crippen MR) is 127 cm³/mol. The number of aryl methyl sites for hydroxylation is 2. The van der Waals surface area contributed by atoms with Crippen molar-refractivity contribution in [3.8, 4) is 5.75 Å². The van der Waals surface area contributed by atoms with Gasteiger partial charge in [0.15, 0.2) is 34.8 Å². The van der Waals surface area contributed by atoms with Crippen LogP contribution >= 0.6 is 0 Å². The van der Waals surface area contributed by atoms with Crippen LogP contribution in [0.2, 0.25) is 0 Å². The maximum atomic E-state index is 14.9. The summed E-state index contributed by atoms with van der Waals surface area (Å²) in [7, 11) is 0. The lowest BCUT2D eigenvalue weighted by Crippen LogP contribution is -2.09. The van der Waals surface area contributed by atoms with Gasteiger partial charge in [-0.3, -0.25) is 0 Å². The molecule has 0 N–H and O–H groups in total. The lowest BCUT2D eigenvalue weighted by Gasteiger charge is -2.24. The first kappa shape index (κ1) is 25.9. The first-order valence-electron chi connectivity index (χ1n) is 11.9. The molecular formula is C29H26F6O. The highest BCUT2D eigenvalue weighted by molar-refractivity contribution is 5.68. The molecule has 0 saturated heterocycles. The molecule has 1 unspecified atom stereocenters. The van der Waals surface area contributed by atoms with E-state index in [0.29, 0.717) is 37.7 Å². The zero-order chi connectivity index (χ0) is 26.0. The molecule has 3 aromatic carbocycles. The molecule has 190 valence electrons. The van der Waals surface area contributed by atoms with E-state index in [2.05, 4.69) is 0 Å². The van der Waals surface area contributed by atoms with Gasteiger partial charge in [-0.05, 0) is 72.9 Å². The Labute approximate surface area is 206 Å². The Kier molecular flexibility index (Phi) is 7.76. The van der Waals surface area contributed by atoms with E-state index < -0.39 is 47.3 Å². The second-order valence-corrected chi connectivity index (χ2v) is 9.09. The van der Waals surface area contributed by atoms with E-state index in [9.17, 15) is 26.3 Å². The standard InChI is InChI=1S/C29H26F6O/c1-3-4-19-10-11-20(26(32)25(19)31)15-36-23-14-13-22(28(34)29(23)35)18-8-6-17(7-9-18)21-12-5-16(2)24(30)27(21)33/h5,8,10-14,17H,3-4,6-7,9,15H2,1-2H3. The van der Waals surface area contributed by atoms with E-state index in [4.69, 9.17) is 4.74 Å². The molecule has 0 radical (unpaired) electrons. The molecule has 1 atom stereocenters. The highest BCUT2D eigenvalue weighted by Crippen LogP contribution is 2.39. The molecule has 1 aliphatic carbocycles. The number of hydrogen-bond acceptors (Lipinski definition) is 1. The quantitative estimate of drug-likeness (QED) is 0.293. The Morgan fingerprint density at radius 1 is 0.778 bits per heavy atom. The smallest absolute Gasteiger partial charge is 0.201 e. The third-order valence-corrected chi connectivity index (χ3v) is 6.69. The lowest BCUT2D eigenvalue weighted by molar-refractivity contribution is 0.277. The van der Waals surface area contributed by atoms with Crippen LogP contribution in [0.1, 0.15) is 66.3 Å². The van der Waals surface area contributed by atoms with Gasteiger partial charge in [-0.25, -0.2) is 22.0 Å². The average molecular weight is 505 g/mol. The van der Waals surface area contributed by atoms with Crippen molar-refractivity contribution in [1.82, 2.24) is 0 Å². The molecular weight excluding hydrogens is 478 g/mol. The van der Waals surface area contributed by atoms with Crippen molar-refractivity contribution in [3.05, 3.63) is 105 Å². The summed E-state index contributed by atoms with van der Waals surface area (Å²) in [6.07, 6.45) is 3.90. The Morgan fingerprint density at radius 2 is 1.50 bits per heavy atom. The summed E-state index contributed by atoms with van der Waals surface area (Å²) in [6, 6.07) is 8.54. The Bertz CT molecular complexity index is 1310. The van der Waals surface area contributed by atoms with Crippen molar-refractivity contribution in [2.24, 2.45) is 0 Å². The summed E-state index contributed by atoms with van der Waals surface area (Å²) >= 11 is 0. The van der Waals surface area contributed by atoms with Crippen LogP contribution in [0.15, 0.2) is 42.5 Å². The monoisotopic (exact) mass is 504 g/mol. The van der Waals surface area contributed by atoms with Crippen LogP contribution in [0, 0.1) is 41.8 Å². The highest BCUT2D eigenvalue weighted by Gasteiger charge is 2.25. The van der Waals surface area contributed by atoms with Gasteiger partial charge in [0, 0.05) is 11.1 Å². The van der Waals surface area contributed by atoms with Gasteiger partial charge in [-0.15, -0.1) is 0 Å². The van der Waals surface area contributed by atoms with Gasteiger partial charge < -0.3 is 4.74 Å². The molecule has 0 amide bonds. The Balaban J connectivity index is 1.48. The first-order chi connectivity index (χ1) is 17.2. The van der Waals surface area contributed by atoms with Gasteiger partial charge >= 0.3 is 0 Å². The third-order valence-electron chi connectivity index (χ3n) is 6.69. The van der Waals surface area contributed by atoms with E-state index in [1.165, 1.54) is 37.3 Å². The summed E-state index contributed by atoms with van der Waals surface area (Å²) < 4.78 is 91.7. The van der Waals surface area contributed by atoms with E-state index in [0.717, 1.165) is 0 Å². The van der Waals surface area contributed by atoms with Gasteiger partial charge in [-0.2, -0.15) is 4.39 Å². The molecule has 1 aliphatic rings. The molecule has 4 rings (SSSR count). The molecule has 0 heterocycles. The third kappa shape index (κ3) is 5.01. The minimum absolute atomic E-state index is 0.0509. The number of allylic oxidation sites excluding steroid dienone is 2. The number of hydrogen-bond donors (Lipinski definition) is 0. The van der Waals surface area contributed by atoms with Crippen LogP contribution in [-0.2, 0) is 13.0 Å². The molecule has 0 saturated carbocycles. The van der Waals surface area contributed by atoms with E-state index in [1.807, 2.05) is 6.92 Å². The van der Waals surface area contributed by atoms with E-state index >= 15 is 0 Å². The van der Waals surface area contributed by atoms with Gasteiger partial charge in [0.2, 0.25) is 5.82 Å². The first-order valence-corrected chi connectivity index (χ1v) is 11.9. The van der Waals surface area contributed by atoms with Crippen LogP contribution in [0.25, 0.3) is 5.57 Å². The van der Waals surface area contributed by atoms with Crippen molar-refractivity contribution >= 4 is 5.57 Å². The van der Waals surface area contributed by atoms with Crippen LogP contribution in [0.4, 0.5) is 26.3 Å². The lowest BCUT2D eigenvalue weighted by atomic mass is 9.82. The van der Waals surface area contributed by atoms with Crippen LogP contribution < -0.4 is 4.74 Å². The second-order valence-electron chi connectivity index (χ2n) is 9.09. The summed E-state index contributed by atoms with van der Waals surface area (Å²) in [6.45, 7) is 2.87. The Hall–Kier alpha value is -3.22. The average Bonchev–Trinajstić information content (AvgIpc) is 2.88. The van der Waals surface area contributed by atoms with Crippen molar-refractivity contribution in [2.45, 2.75) is 58.5 Å². The van der Waals surface area contributed by atoms with Crippen molar-refractivity contribution in [1.29, 1.82) is 0 Å². The second kappa shape index (κ2) is 10.8. The van der Waals surface area contributed by atoms with Crippen molar-refractivity contribution in [3.63, 3.8) is 0 Å². The molecule has 0 fully saturated rings. The number of rotatable bonds is 7. The normalized spacial score (nSPS) is 15.7. The highest BCUT2D eigenvalue weighted by atomic mass is 19.2. The summed E-state index contributed by atoms with van der Waals surface area (Å²) in [5.41, 5.74) is 1.26. The topological polar surface area (TPSA) is 9.23 Å². The number of halogens is 6. The van der Waals surface area contributed by atoms with Gasteiger partial charge in [0.05, 0.1) is 0 Å². The van der Waals surface area contributed by atoms with Gasteiger partial charge in [0.25, 0.3) is 0 Å². The van der Waals surface area contributed by atoms with Crippen molar-refractivity contribution in [2.75, 3.05) is 0 Å². The molecule has 0 aliphatic heterocycles. The zero-order valence-electron chi connectivity index (χ0n) is 20.0. The summed E-state index contributed by atoms with van der Waals surface area (Å²) in [4.78, 5) is 0. The van der Waals surface area contributed by atoms with Gasteiger partial charge in [-0.1, -0.05) is 43.7 Å². The molecule has 0 bridgehead atoms. The maximum absolute atomic E-state index is 14.9. The molecule has 0 aromatic heterocycles. The van der Waals surface area contributed by atoms with Gasteiger partial charge in [0.1, 0.15) is 6.61 Å². The zero-order valence-corrected chi connectivity index (χ0v) is 20.0. The van der Waals surface area contributed by atoms with E-state index in [1.54, 1.807) is 12.1 Å². The van der Waals surface area contributed by atoms with E-state index in [-0.39, 0.29) is 33.7 Å². The molecule has 7 heteroatoms. The summed E-state index contributed by atoms with van der Waals surface area (Å²) in [5, 5.41) is 0. The van der Waals surface area contributed by atoms with Crippen LogP contribution in [0.3, 0.4) is 0 Å². The molecule has 36 heavy (non-hydrogen) atoms. The number of benzene rings is 3. The van der Waals surface area contributed by atoms with Crippen LogP contribution in [-0.4, -0.2) is 0 Å². The van der Waals surface area contributed by atoms with Crippen molar-refractivity contribution < 1.29 is 31.1 Å². The number of ether oxygens (including phenoxy) is 1. The molecule has 3 aromatic rings. The fraction of sp³-hybridized carbons (Fsp3) is 0.310. The molecule has 0 spiro atoms. The van der Waals surface area contributed by atoms with Crippen LogP contribution in [0.5, 0.6) is 5.75 Å². The molecule has 1 nitrogen and oxygen atoms in total. The fourth-order valence-corrected chi connectivity index (χ4v) is 4.59. The minimum Gasteiger partial charge on any atom is -0.486 e. The fourth-order valence-electron chi connectivity index (χ4n) is 4.59. The largest absolute Gasteiger partial charge is 0.486 e. The minimum atomic E-state index is -1.23. The Morgan fingerprint density at radius 3 is 2.19 bits per heavy atom.